The van der Waals surface area contributed by atoms with Crippen LogP contribution in [0.3, 0.4) is 0 Å². The summed E-state index contributed by atoms with van der Waals surface area (Å²) in [6.07, 6.45) is 3.15. The number of carboxylic acids is 1. The van der Waals surface area contributed by atoms with Gasteiger partial charge in [-0.1, -0.05) is 24.3 Å². The average molecular weight is 318 g/mol. The van der Waals surface area contributed by atoms with Crippen LogP contribution in [0, 0.1) is 6.92 Å². The summed E-state index contributed by atoms with van der Waals surface area (Å²) < 4.78 is 0. The van der Waals surface area contributed by atoms with E-state index in [1.165, 1.54) is 0 Å². The van der Waals surface area contributed by atoms with Gasteiger partial charge in [0.05, 0.1) is 13.0 Å². The van der Waals surface area contributed by atoms with Gasteiger partial charge in [-0.2, -0.15) is 0 Å². The number of carbonyl (C=O) groups is 2. The van der Waals surface area contributed by atoms with Gasteiger partial charge in [0.25, 0.3) is 0 Å². The Morgan fingerprint density at radius 3 is 2.70 bits per heavy atom. The summed E-state index contributed by atoms with van der Waals surface area (Å²) in [4.78, 5) is 27.2. The van der Waals surface area contributed by atoms with Crippen LogP contribution in [0.25, 0.3) is 0 Å². The summed E-state index contributed by atoms with van der Waals surface area (Å²) in [7, 11) is 1.85. The number of aryl methyl sites for hydroxylation is 1. The van der Waals surface area contributed by atoms with E-state index in [2.05, 4.69) is 0 Å². The maximum atomic E-state index is 12.5. The van der Waals surface area contributed by atoms with Gasteiger partial charge in [0.1, 0.15) is 0 Å². The minimum atomic E-state index is -0.802. The molecular formula is C18H26N2O3. The number of hydrogen-bond acceptors (Lipinski definition) is 3. The number of hydrogen-bond donors (Lipinski definition) is 1. The van der Waals surface area contributed by atoms with Crippen LogP contribution in [-0.2, 0) is 16.0 Å². The molecule has 5 heteroatoms. The van der Waals surface area contributed by atoms with Crippen molar-refractivity contribution in [2.75, 3.05) is 26.7 Å². The highest BCUT2D eigenvalue weighted by molar-refractivity contribution is 5.79. The zero-order valence-corrected chi connectivity index (χ0v) is 14.0. The fraction of sp³-hybridized carbons (Fsp3) is 0.556. The third-order valence-electron chi connectivity index (χ3n) is 4.66. The van der Waals surface area contributed by atoms with E-state index in [-0.39, 0.29) is 18.5 Å². The van der Waals surface area contributed by atoms with Gasteiger partial charge < -0.3 is 10.0 Å². The molecule has 1 N–H and O–H groups in total. The molecule has 0 aromatic heterocycles. The lowest BCUT2D eigenvalue weighted by Crippen LogP contribution is -2.37. The molecule has 0 aliphatic carbocycles. The van der Waals surface area contributed by atoms with Crippen LogP contribution >= 0.6 is 0 Å². The minimum Gasteiger partial charge on any atom is -0.480 e. The summed E-state index contributed by atoms with van der Waals surface area (Å²) in [5, 5.41) is 8.91. The Morgan fingerprint density at radius 2 is 2.00 bits per heavy atom. The molecule has 1 atom stereocenters. The topological polar surface area (TPSA) is 60.9 Å². The molecule has 0 bridgehead atoms. The first-order chi connectivity index (χ1) is 11.0. The lowest BCUT2D eigenvalue weighted by molar-refractivity contribution is -0.138. The summed E-state index contributed by atoms with van der Waals surface area (Å²) >= 11 is 0. The van der Waals surface area contributed by atoms with Gasteiger partial charge in [0.2, 0.25) is 5.91 Å². The smallest absolute Gasteiger partial charge is 0.317 e. The van der Waals surface area contributed by atoms with Crippen molar-refractivity contribution in [3.05, 3.63) is 35.4 Å². The Labute approximate surface area is 137 Å². The van der Waals surface area contributed by atoms with Gasteiger partial charge in [-0.15, -0.1) is 0 Å². The molecule has 1 aromatic rings. The Kier molecular flexibility index (Phi) is 6.16. The number of amides is 1. The highest BCUT2D eigenvalue weighted by Gasteiger charge is 2.24. The van der Waals surface area contributed by atoms with Gasteiger partial charge in [-0.3, -0.25) is 14.5 Å². The van der Waals surface area contributed by atoms with Crippen molar-refractivity contribution in [2.24, 2.45) is 0 Å². The van der Waals surface area contributed by atoms with E-state index in [0.717, 1.165) is 36.9 Å². The molecule has 1 heterocycles. The predicted octanol–water partition coefficient (Wildman–Crippen LogP) is 1.94. The van der Waals surface area contributed by atoms with E-state index in [4.69, 9.17) is 5.11 Å². The van der Waals surface area contributed by atoms with Crippen molar-refractivity contribution in [3.63, 3.8) is 0 Å². The Hall–Kier alpha value is -1.88. The molecule has 0 spiro atoms. The van der Waals surface area contributed by atoms with E-state index in [9.17, 15) is 9.59 Å². The lowest BCUT2D eigenvalue weighted by atomic mass is 10.1. The number of aliphatic carboxylic acids is 1. The molecule has 0 radical (unpaired) electrons. The highest BCUT2D eigenvalue weighted by Crippen LogP contribution is 2.17. The van der Waals surface area contributed by atoms with Crippen LogP contribution < -0.4 is 0 Å². The number of nitrogens with zero attached hydrogens (tertiary/aromatic N) is 2. The van der Waals surface area contributed by atoms with Crippen LogP contribution in [0.15, 0.2) is 24.3 Å². The first kappa shape index (κ1) is 17.5. The second-order valence-corrected chi connectivity index (χ2v) is 6.38. The van der Waals surface area contributed by atoms with Gasteiger partial charge in [0.15, 0.2) is 0 Å². The molecule has 0 saturated carbocycles. The Balaban J connectivity index is 1.91. The predicted molar refractivity (Wildman–Crippen MR) is 89.4 cm³/mol. The number of likely N-dealkylation sites (tertiary alicyclic amines) is 1. The maximum absolute atomic E-state index is 12.5. The normalized spacial score (nSPS) is 18.7. The van der Waals surface area contributed by atoms with Crippen molar-refractivity contribution in [2.45, 2.75) is 38.6 Å². The number of likely N-dealkylation sites (N-methyl/N-ethyl adjacent to an activating group) is 1. The molecule has 1 fully saturated rings. The molecule has 1 aliphatic rings. The van der Waals surface area contributed by atoms with Crippen LogP contribution in [0.5, 0.6) is 0 Å². The van der Waals surface area contributed by atoms with Crippen LogP contribution in [0.1, 0.15) is 30.4 Å². The molecule has 1 amide bonds. The lowest BCUT2D eigenvalue weighted by Gasteiger charge is -2.25. The minimum absolute atomic E-state index is 0.0574. The van der Waals surface area contributed by atoms with Crippen LogP contribution in [0.4, 0.5) is 0 Å². The quantitative estimate of drug-likeness (QED) is 0.901. The average Bonchev–Trinajstić information content (AvgIpc) is 2.75. The third kappa shape index (κ3) is 5.06. The van der Waals surface area contributed by atoms with E-state index >= 15 is 0 Å². The summed E-state index contributed by atoms with van der Waals surface area (Å²) in [6.45, 7) is 3.56. The second kappa shape index (κ2) is 8.11. The third-order valence-corrected chi connectivity index (χ3v) is 4.66. The molecule has 2 rings (SSSR count). The van der Waals surface area contributed by atoms with Crippen molar-refractivity contribution in [1.29, 1.82) is 0 Å². The van der Waals surface area contributed by atoms with Gasteiger partial charge >= 0.3 is 5.97 Å². The van der Waals surface area contributed by atoms with Gasteiger partial charge in [-0.05, 0) is 44.4 Å². The zero-order chi connectivity index (χ0) is 16.8. The summed E-state index contributed by atoms with van der Waals surface area (Å²) in [5.41, 5.74) is 2.23. The molecule has 1 saturated heterocycles. The summed E-state index contributed by atoms with van der Waals surface area (Å²) in [6, 6.07) is 8.23. The zero-order valence-electron chi connectivity index (χ0n) is 14.0. The fourth-order valence-corrected chi connectivity index (χ4v) is 3.19. The molecule has 1 aliphatic heterocycles. The van der Waals surface area contributed by atoms with E-state index in [0.29, 0.717) is 13.0 Å². The largest absolute Gasteiger partial charge is 0.480 e. The second-order valence-electron chi connectivity index (χ2n) is 6.38. The standard InChI is InChI=1S/C18H26N2O3/c1-14-6-3-4-7-15(14)12-17(21)20-10-5-8-16(9-11-20)19(2)13-18(22)23/h3-4,6-7,16H,5,8-13H2,1-2H3,(H,22,23). The van der Waals surface area contributed by atoms with E-state index < -0.39 is 5.97 Å². The fourth-order valence-electron chi connectivity index (χ4n) is 3.19. The molecule has 1 unspecified atom stereocenters. The number of rotatable bonds is 5. The van der Waals surface area contributed by atoms with Crippen molar-refractivity contribution < 1.29 is 14.7 Å². The first-order valence-electron chi connectivity index (χ1n) is 8.21. The molecule has 1 aromatic carbocycles. The molecular weight excluding hydrogens is 292 g/mol. The molecule has 23 heavy (non-hydrogen) atoms. The van der Waals surface area contributed by atoms with Gasteiger partial charge in [-0.25, -0.2) is 0 Å². The van der Waals surface area contributed by atoms with Crippen molar-refractivity contribution in [3.8, 4) is 0 Å². The highest BCUT2D eigenvalue weighted by atomic mass is 16.4. The SMILES string of the molecule is Cc1ccccc1CC(=O)N1CCCC(N(C)CC(=O)O)CC1. The Morgan fingerprint density at radius 1 is 1.26 bits per heavy atom. The van der Waals surface area contributed by atoms with Crippen molar-refractivity contribution >= 4 is 11.9 Å². The van der Waals surface area contributed by atoms with Crippen molar-refractivity contribution in [1.82, 2.24) is 9.80 Å². The summed E-state index contributed by atoms with van der Waals surface area (Å²) in [5.74, 6) is -0.634. The Bertz CT molecular complexity index is 559. The van der Waals surface area contributed by atoms with E-state index in [1.54, 1.807) is 0 Å². The number of carbonyl (C=O) groups excluding carboxylic acids is 1. The monoisotopic (exact) mass is 318 g/mol. The van der Waals surface area contributed by atoms with Crippen LogP contribution in [0.2, 0.25) is 0 Å². The number of benzene rings is 1. The van der Waals surface area contributed by atoms with Gasteiger partial charge in [0, 0.05) is 19.1 Å². The van der Waals surface area contributed by atoms with Crippen LogP contribution in [-0.4, -0.2) is 59.5 Å². The molecule has 5 nitrogen and oxygen atoms in total. The molecule has 126 valence electrons. The maximum Gasteiger partial charge on any atom is 0.317 e. The number of carboxylic acid groups (broad SMARTS) is 1. The van der Waals surface area contributed by atoms with E-state index in [1.807, 2.05) is 48.0 Å². The first-order valence-corrected chi connectivity index (χ1v) is 8.21.